The third-order valence-corrected chi connectivity index (χ3v) is 4.54. The lowest BCUT2D eigenvalue weighted by Crippen LogP contribution is -2.27. The first-order valence-electron chi connectivity index (χ1n) is 9.37. The molecular weight excluding hydrogens is 386 g/mol. The Balaban J connectivity index is 1.30. The molecule has 1 amide bonds. The average molecular weight is 405 g/mol. The molecule has 0 unspecified atom stereocenters. The molecule has 0 aliphatic rings. The van der Waals surface area contributed by atoms with Gasteiger partial charge in [-0.3, -0.25) is 23.9 Å². The van der Waals surface area contributed by atoms with Gasteiger partial charge in [-0.1, -0.05) is 24.3 Å². The van der Waals surface area contributed by atoms with Crippen molar-refractivity contribution in [3.8, 4) is 0 Å². The highest BCUT2D eigenvalue weighted by atomic mass is 16.5. The van der Waals surface area contributed by atoms with Crippen LogP contribution in [0, 0.1) is 6.92 Å². The number of amides is 1. The SMILES string of the molecule is Cc1ccc2nc(COC(=O)CCNC(=O)c3n[nH]c4ccccc34)cc(=O)n2c1. The van der Waals surface area contributed by atoms with Gasteiger partial charge in [0, 0.05) is 24.2 Å². The summed E-state index contributed by atoms with van der Waals surface area (Å²) in [5.74, 6) is -0.882. The maximum absolute atomic E-state index is 12.3. The van der Waals surface area contributed by atoms with Gasteiger partial charge in [0.1, 0.15) is 12.3 Å². The van der Waals surface area contributed by atoms with E-state index in [9.17, 15) is 14.4 Å². The van der Waals surface area contributed by atoms with Crippen LogP contribution in [0.2, 0.25) is 0 Å². The number of nitrogens with one attached hydrogen (secondary N) is 2. The fourth-order valence-corrected chi connectivity index (χ4v) is 3.06. The second-order valence-electron chi connectivity index (χ2n) is 6.80. The molecule has 4 aromatic rings. The van der Waals surface area contributed by atoms with E-state index in [-0.39, 0.29) is 36.7 Å². The van der Waals surface area contributed by atoms with E-state index in [0.29, 0.717) is 16.7 Å². The molecular formula is C21H19N5O4. The molecule has 0 saturated heterocycles. The Bertz CT molecular complexity index is 1310. The van der Waals surface area contributed by atoms with E-state index in [0.717, 1.165) is 11.1 Å². The standard InChI is InChI=1S/C21H19N5O4/c1-13-6-7-17-23-14(10-18(27)26(17)11-13)12-30-19(28)8-9-22-21(29)20-15-4-2-3-5-16(15)24-25-20/h2-7,10-11H,8-9,12H2,1H3,(H,22,29)(H,24,25). The number of aryl methyl sites for hydroxylation is 1. The van der Waals surface area contributed by atoms with Crippen molar-refractivity contribution >= 4 is 28.4 Å². The Morgan fingerprint density at radius 1 is 1.20 bits per heavy atom. The van der Waals surface area contributed by atoms with Crippen molar-refractivity contribution in [2.45, 2.75) is 20.0 Å². The molecule has 0 saturated carbocycles. The Hall–Kier alpha value is -4.01. The number of hydrogen-bond acceptors (Lipinski definition) is 6. The topological polar surface area (TPSA) is 118 Å². The van der Waals surface area contributed by atoms with Crippen LogP contribution in [0.3, 0.4) is 0 Å². The summed E-state index contributed by atoms with van der Waals surface area (Å²) in [4.78, 5) is 40.8. The number of benzene rings is 1. The van der Waals surface area contributed by atoms with Crippen LogP contribution in [-0.2, 0) is 16.1 Å². The Labute approximate surface area is 170 Å². The van der Waals surface area contributed by atoms with Gasteiger partial charge in [0.25, 0.3) is 11.5 Å². The number of carbonyl (C=O) groups is 2. The van der Waals surface area contributed by atoms with Crippen LogP contribution in [0.5, 0.6) is 0 Å². The van der Waals surface area contributed by atoms with E-state index in [1.165, 1.54) is 10.5 Å². The van der Waals surface area contributed by atoms with Crippen molar-refractivity contribution in [1.82, 2.24) is 24.9 Å². The van der Waals surface area contributed by atoms with Crippen molar-refractivity contribution in [3.05, 3.63) is 76.0 Å². The van der Waals surface area contributed by atoms with Crippen LogP contribution in [0.25, 0.3) is 16.6 Å². The molecule has 0 radical (unpaired) electrons. The second-order valence-corrected chi connectivity index (χ2v) is 6.80. The molecule has 0 bridgehead atoms. The second kappa shape index (κ2) is 8.16. The molecule has 0 spiro atoms. The van der Waals surface area contributed by atoms with Crippen molar-refractivity contribution in [3.63, 3.8) is 0 Å². The lowest BCUT2D eigenvalue weighted by atomic mass is 10.2. The molecule has 2 N–H and O–H groups in total. The summed E-state index contributed by atoms with van der Waals surface area (Å²) in [6, 6.07) is 12.2. The number of H-pyrrole nitrogens is 1. The molecule has 3 heterocycles. The summed E-state index contributed by atoms with van der Waals surface area (Å²) in [5.41, 5.74) is 2.58. The highest BCUT2D eigenvalue weighted by molar-refractivity contribution is 6.04. The highest BCUT2D eigenvalue weighted by Crippen LogP contribution is 2.14. The van der Waals surface area contributed by atoms with E-state index in [1.807, 2.05) is 31.2 Å². The first kappa shape index (κ1) is 19.3. The van der Waals surface area contributed by atoms with Crippen LogP contribution in [0.15, 0.2) is 53.5 Å². The van der Waals surface area contributed by atoms with Gasteiger partial charge < -0.3 is 10.1 Å². The fourth-order valence-electron chi connectivity index (χ4n) is 3.06. The number of aromatic amines is 1. The number of fused-ring (bicyclic) bond motifs is 2. The fraction of sp³-hybridized carbons (Fsp3) is 0.190. The van der Waals surface area contributed by atoms with Gasteiger partial charge in [-0.2, -0.15) is 5.10 Å². The quantitative estimate of drug-likeness (QED) is 0.472. The van der Waals surface area contributed by atoms with Crippen LogP contribution >= 0.6 is 0 Å². The summed E-state index contributed by atoms with van der Waals surface area (Å²) < 4.78 is 6.62. The largest absolute Gasteiger partial charge is 0.459 e. The molecule has 9 heteroatoms. The molecule has 4 rings (SSSR count). The minimum absolute atomic E-state index is 0.0140. The predicted octanol–water partition coefficient (Wildman–Crippen LogP) is 1.74. The molecule has 1 aromatic carbocycles. The number of ether oxygens (including phenoxy) is 1. The van der Waals surface area contributed by atoms with Crippen molar-refractivity contribution in [1.29, 1.82) is 0 Å². The summed E-state index contributed by atoms with van der Waals surface area (Å²) in [7, 11) is 0. The van der Waals surface area contributed by atoms with E-state index in [4.69, 9.17) is 4.74 Å². The number of rotatable bonds is 6. The third-order valence-electron chi connectivity index (χ3n) is 4.54. The van der Waals surface area contributed by atoms with Crippen LogP contribution < -0.4 is 10.9 Å². The van der Waals surface area contributed by atoms with E-state index >= 15 is 0 Å². The number of hydrogen-bond donors (Lipinski definition) is 2. The molecule has 3 aromatic heterocycles. The van der Waals surface area contributed by atoms with Gasteiger partial charge in [-0.05, 0) is 24.6 Å². The van der Waals surface area contributed by atoms with Crippen LogP contribution in [0.4, 0.5) is 0 Å². The number of esters is 1. The molecule has 0 aliphatic heterocycles. The van der Waals surface area contributed by atoms with E-state index in [2.05, 4.69) is 20.5 Å². The molecule has 152 valence electrons. The summed E-state index contributed by atoms with van der Waals surface area (Å²) in [5, 5.41) is 10.2. The van der Waals surface area contributed by atoms with Gasteiger partial charge in [-0.15, -0.1) is 0 Å². The molecule has 0 atom stereocenters. The first-order chi connectivity index (χ1) is 14.5. The van der Waals surface area contributed by atoms with Gasteiger partial charge in [0.15, 0.2) is 5.69 Å². The van der Waals surface area contributed by atoms with E-state index < -0.39 is 5.97 Å². The molecule has 0 aliphatic carbocycles. The maximum Gasteiger partial charge on any atom is 0.307 e. The Morgan fingerprint density at radius 2 is 2.03 bits per heavy atom. The molecule has 9 nitrogen and oxygen atoms in total. The van der Waals surface area contributed by atoms with Crippen molar-refractivity contribution in [2.75, 3.05) is 6.54 Å². The number of pyridine rings is 1. The summed E-state index contributed by atoms with van der Waals surface area (Å²) in [6.45, 7) is 1.87. The van der Waals surface area contributed by atoms with Crippen molar-refractivity contribution < 1.29 is 14.3 Å². The molecule has 0 fully saturated rings. The lowest BCUT2D eigenvalue weighted by molar-refractivity contribution is -0.144. The smallest absolute Gasteiger partial charge is 0.307 e. The normalized spacial score (nSPS) is 11.0. The average Bonchev–Trinajstić information content (AvgIpc) is 3.17. The minimum atomic E-state index is -0.506. The number of para-hydroxylation sites is 1. The highest BCUT2D eigenvalue weighted by Gasteiger charge is 2.14. The zero-order valence-electron chi connectivity index (χ0n) is 16.2. The maximum atomic E-state index is 12.3. The van der Waals surface area contributed by atoms with Gasteiger partial charge in [0.05, 0.1) is 17.6 Å². The monoisotopic (exact) mass is 405 g/mol. The predicted molar refractivity (Wildman–Crippen MR) is 109 cm³/mol. The zero-order chi connectivity index (χ0) is 21.1. The number of carbonyl (C=O) groups excluding carboxylic acids is 2. The Kier molecular flexibility index (Phi) is 5.25. The molecule has 30 heavy (non-hydrogen) atoms. The van der Waals surface area contributed by atoms with Gasteiger partial charge in [-0.25, -0.2) is 4.98 Å². The first-order valence-corrected chi connectivity index (χ1v) is 9.37. The minimum Gasteiger partial charge on any atom is -0.459 e. The van der Waals surface area contributed by atoms with Crippen LogP contribution in [0.1, 0.15) is 28.2 Å². The van der Waals surface area contributed by atoms with Crippen LogP contribution in [-0.4, -0.2) is 38.0 Å². The summed E-state index contributed by atoms with van der Waals surface area (Å²) in [6.07, 6.45) is 1.69. The number of aromatic nitrogens is 4. The summed E-state index contributed by atoms with van der Waals surface area (Å²) >= 11 is 0. The van der Waals surface area contributed by atoms with Gasteiger partial charge >= 0.3 is 5.97 Å². The number of nitrogens with zero attached hydrogens (tertiary/aromatic N) is 3. The lowest BCUT2D eigenvalue weighted by Gasteiger charge is -2.07. The van der Waals surface area contributed by atoms with Crippen molar-refractivity contribution in [2.24, 2.45) is 0 Å². The Morgan fingerprint density at radius 3 is 2.90 bits per heavy atom. The van der Waals surface area contributed by atoms with E-state index in [1.54, 1.807) is 18.3 Å². The van der Waals surface area contributed by atoms with Gasteiger partial charge in [0.2, 0.25) is 0 Å². The third kappa shape index (κ3) is 4.04. The zero-order valence-corrected chi connectivity index (χ0v) is 16.2.